The van der Waals surface area contributed by atoms with Crippen molar-refractivity contribution in [3.63, 3.8) is 0 Å². The fraction of sp³-hybridized carbons (Fsp3) is 0.250. The third-order valence-electron chi connectivity index (χ3n) is 3.53. The summed E-state index contributed by atoms with van der Waals surface area (Å²) in [4.78, 5) is 33.5. The van der Waals surface area contributed by atoms with E-state index >= 15 is 0 Å². The van der Waals surface area contributed by atoms with Crippen LogP contribution in [0.1, 0.15) is 40.0 Å². The number of carbonyl (C=O) groups is 3. The first kappa shape index (κ1) is 25.7. The first-order valence-corrected chi connectivity index (χ1v) is 8.57. The van der Waals surface area contributed by atoms with Gasteiger partial charge < -0.3 is 21.9 Å². The normalized spacial score (nSPS) is 10.5. The molecular weight excluding hydrogens is 454 g/mol. The molecule has 155 valence electrons. The molecule has 6 N–H and O–H groups in total. The van der Waals surface area contributed by atoms with Crippen LogP contribution in [-0.2, 0) is 31.9 Å². The van der Waals surface area contributed by atoms with Crippen molar-refractivity contribution in [2.75, 3.05) is 6.54 Å². The Labute approximate surface area is 180 Å². The molecule has 1 radical (unpaired) electrons. The molecule has 0 aliphatic carbocycles. The van der Waals surface area contributed by atoms with Crippen molar-refractivity contribution in [3.8, 4) is 0 Å². The Morgan fingerprint density at radius 2 is 1.36 bits per heavy atom. The molecule has 2 rings (SSSR count). The molecule has 2 aromatic rings. The van der Waals surface area contributed by atoms with Crippen LogP contribution < -0.4 is 17.2 Å². The molecular formula is C20H25AgN3O4. The molecule has 2 aromatic carbocycles. The van der Waals surface area contributed by atoms with E-state index in [1.807, 2.05) is 6.07 Å². The largest absolute Gasteiger partial charge is 0.388 e. The Hall–Kier alpha value is -2.29. The smallest absolute Gasteiger partial charge is 0.345 e. The van der Waals surface area contributed by atoms with Crippen LogP contribution in [0.2, 0.25) is 0 Å². The summed E-state index contributed by atoms with van der Waals surface area (Å²) in [6.07, 6.45) is 2.01. The molecule has 1 amide bonds. The van der Waals surface area contributed by atoms with E-state index in [9.17, 15) is 14.4 Å². The minimum Gasteiger partial charge on any atom is -0.388 e. The van der Waals surface area contributed by atoms with Gasteiger partial charge >= 0.3 is 11.9 Å². The SMILES string of the molecule is NC(=O)c1ccccc1.NCCCC[C@H](N)C(=O)OC(=O)c1ccccc1.[Ag]. The van der Waals surface area contributed by atoms with Crippen LogP contribution in [0.3, 0.4) is 0 Å². The van der Waals surface area contributed by atoms with Crippen molar-refractivity contribution in [2.45, 2.75) is 25.3 Å². The molecule has 0 saturated carbocycles. The van der Waals surface area contributed by atoms with Gasteiger partial charge in [0, 0.05) is 27.9 Å². The van der Waals surface area contributed by atoms with Crippen LogP contribution in [0.25, 0.3) is 0 Å². The van der Waals surface area contributed by atoms with Crippen LogP contribution >= 0.6 is 0 Å². The van der Waals surface area contributed by atoms with Crippen molar-refractivity contribution in [2.24, 2.45) is 17.2 Å². The monoisotopic (exact) mass is 478 g/mol. The van der Waals surface area contributed by atoms with Crippen molar-refractivity contribution >= 4 is 17.8 Å². The van der Waals surface area contributed by atoms with Crippen LogP contribution in [0.4, 0.5) is 0 Å². The second kappa shape index (κ2) is 14.7. The van der Waals surface area contributed by atoms with Crippen molar-refractivity contribution < 1.29 is 41.5 Å². The van der Waals surface area contributed by atoms with Gasteiger partial charge in [-0.3, -0.25) is 4.79 Å². The standard InChI is InChI=1S/C13H18N2O3.C7H7NO.Ag/c14-9-5-4-8-11(15)13(17)18-12(16)10-6-2-1-3-7-10;8-7(9)6-4-2-1-3-5-6;/h1-3,6-7,11H,4-5,8-9,14-15H2;1-5H,(H2,8,9);/t11-;;/m0../s1. The topological polar surface area (TPSA) is 138 Å². The van der Waals surface area contributed by atoms with Crippen molar-refractivity contribution in [3.05, 3.63) is 71.8 Å². The number of benzene rings is 2. The van der Waals surface area contributed by atoms with E-state index in [1.54, 1.807) is 54.6 Å². The minimum absolute atomic E-state index is 0. The molecule has 0 bridgehead atoms. The summed E-state index contributed by atoms with van der Waals surface area (Å²) in [6, 6.07) is 16.3. The van der Waals surface area contributed by atoms with Crippen LogP contribution in [0.15, 0.2) is 60.7 Å². The van der Waals surface area contributed by atoms with E-state index in [2.05, 4.69) is 0 Å². The van der Waals surface area contributed by atoms with E-state index in [0.717, 1.165) is 12.8 Å². The molecule has 0 aromatic heterocycles. The van der Waals surface area contributed by atoms with E-state index in [1.165, 1.54) is 0 Å². The Balaban J connectivity index is 0.000000614. The maximum absolute atomic E-state index is 11.6. The molecule has 0 aliphatic heterocycles. The summed E-state index contributed by atoms with van der Waals surface area (Å²) in [5, 5.41) is 0. The summed E-state index contributed by atoms with van der Waals surface area (Å²) < 4.78 is 4.69. The predicted octanol–water partition coefficient (Wildman–Crippen LogP) is 1.61. The summed E-state index contributed by atoms with van der Waals surface area (Å²) in [5.41, 5.74) is 16.8. The zero-order chi connectivity index (χ0) is 20.1. The first-order chi connectivity index (χ1) is 13.0. The number of esters is 2. The number of amides is 1. The second-order valence-corrected chi connectivity index (χ2v) is 5.70. The molecule has 7 nitrogen and oxygen atoms in total. The number of hydrogen-bond donors (Lipinski definition) is 3. The summed E-state index contributed by atoms with van der Waals surface area (Å²) in [6.45, 7) is 0.560. The molecule has 0 aliphatic rings. The molecule has 8 heteroatoms. The maximum atomic E-state index is 11.6. The van der Waals surface area contributed by atoms with Gasteiger partial charge in [-0.05, 0) is 43.7 Å². The number of ether oxygens (including phenoxy) is 1. The Bertz CT molecular complexity index is 727. The van der Waals surface area contributed by atoms with Crippen molar-refractivity contribution in [1.29, 1.82) is 0 Å². The molecule has 0 unspecified atom stereocenters. The quantitative estimate of drug-likeness (QED) is 0.239. The summed E-state index contributed by atoms with van der Waals surface area (Å²) in [5.74, 6) is -1.74. The van der Waals surface area contributed by atoms with E-state index < -0.39 is 18.0 Å². The van der Waals surface area contributed by atoms with E-state index in [4.69, 9.17) is 21.9 Å². The molecule has 0 spiro atoms. The van der Waals surface area contributed by atoms with Gasteiger partial charge in [0.05, 0.1) is 5.56 Å². The van der Waals surface area contributed by atoms with Crippen molar-refractivity contribution in [1.82, 2.24) is 0 Å². The maximum Gasteiger partial charge on any atom is 0.345 e. The average molecular weight is 479 g/mol. The van der Waals surface area contributed by atoms with Crippen LogP contribution in [-0.4, -0.2) is 30.4 Å². The average Bonchev–Trinajstić information content (AvgIpc) is 2.69. The molecule has 0 fully saturated rings. The van der Waals surface area contributed by atoms with Gasteiger partial charge in [-0.1, -0.05) is 42.8 Å². The fourth-order valence-corrected chi connectivity index (χ4v) is 2.03. The minimum atomic E-state index is -0.774. The van der Waals surface area contributed by atoms with Gasteiger partial charge in [-0.2, -0.15) is 0 Å². The number of nitrogens with two attached hydrogens (primary N) is 3. The molecule has 0 heterocycles. The number of rotatable bonds is 7. The molecule has 1 atom stereocenters. The zero-order valence-corrected chi connectivity index (χ0v) is 16.8. The number of unbranched alkanes of at least 4 members (excludes halogenated alkanes) is 1. The predicted molar refractivity (Wildman–Crippen MR) is 103 cm³/mol. The van der Waals surface area contributed by atoms with E-state index in [0.29, 0.717) is 24.1 Å². The van der Waals surface area contributed by atoms with Crippen LogP contribution in [0, 0.1) is 0 Å². The van der Waals surface area contributed by atoms with Gasteiger partial charge in [0.2, 0.25) is 5.91 Å². The van der Waals surface area contributed by atoms with Gasteiger partial charge in [0.25, 0.3) is 0 Å². The Morgan fingerprint density at radius 1 is 0.857 bits per heavy atom. The third-order valence-corrected chi connectivity index (χ3v) is 3.53. The number of hydrogen-bond acceptors (Lipinski definition) is 6. The first-order valence-electron chi connectivity index (χ1n) is 8.57. The second-order valence-electron chi connectivity index (χ2n) is 5.70. The zero-order valence-electron chi connectivity index (χ0n) is 15.3. The molecule has 28 heavy (non-hydrogen) atoms. The third kappa shape index (κ3) is 10.1. The summed E-state index contributed by atoms with van der Waals surface area (Å²) >= 11 is 0. The number of primary amides is 1. The van der Waals surface area contributed by atoms with E-state index in [-0.39, 0.29) is 28.3 Å². The molecule has 0 saturated heterocycles. The van der Waals surface area contributed by atoms with Gasteiger partial charge in [-0.15, -0.1) is 0 Å². The summed E-state index contributed by atoms with van der Waals surface area (Å²) in [7, 11) is 0. The Kier molecular flexibility index (Phi) is 13.5. The van der Waals surface area contributed by atoms with Gasteiger partial charge in [-0.25, -0.2) is 9.59 Å². The number of carbonyl (C=O) groups excluding carboxylic acids is 3. The Morgan fingerprint density at radius 3 is 1.79 bits per heavy atom. The van der Waals surface area contributed by atoms with Crippen LogP contribution in [0.5, 0.6) is 0 Å². The van der Waals surface area contributed by atoms with Gasteiger partial charge in [0.15, 0.2) is 0 Å². The fourth-order valence-electron chi connectivity index (χ4n) is 2.03. The van der Waals surface area contributed by atoms with Gasteiger partial charge in [0.1, 0.15) is 6.04 Å².